The number of aromatic nitrogens is 2. The summed E-state index contributed by atoms with van der Waals surface area (Å²) in [6.45, 7) is 0.160. The largest absolute Gasteiger partial charge is 0.493 e. The topological polar surface area (TPSA) is 86.5 Å². The smallest absolute Gasteiger partial charge is 0.246 e. The van der Waals surface area contributed by atoms with Crippen molar-refractivity contribution in [2.75, 3.05) is 14.2 Å². The number of hydrogen-bond acceptors (Lipinski definition) is 7. The molecule has 0 radical (unpaired) electrons. The molecule has 7 nitrogen and oxygen atoms in total. The predicted octanol–water partition coefficient (Wildman–Crippen LogP) is 3.14. The van der Waals surface area contributed by atoms with Crippen LogP contribution >= 0.6 is 11.3 Å². The van der Waals surface area contributed by atoms with Crippen LogP contribution in [0.1, 0.15) is 11.5 Å². The van der Waals surface area contributed by atoms with Crippen molar-refractivity contribution < 1.29 is 18.8 Å². The highest BCUT2D eigenvalue weighted by atomic mass is 32.1. The molecule has 0 saturated carbocycles. The van der Waals surface area contributed by atoms with Crippen LogP contribution in [0.25, 0.3) is 16.8 Å². The summed E-state index contributed by atoms with van der Waals surface area (Å²) in [5, 5.41) is 8.54. The first kappa shape index (κ1) is 17.7. The molecule has 134 valence electrons. The van der Waals surface area contributed by atoms with Gasteiger partial charge in [0.2, 0.25) is 17.6 Å². The first-order chi connectivity index (χ1) is 12.7. The average molecular weight is 371 g/mol. The lowest BCUT2D eigenvalue weighted by Crippen LogP contribution is -2.20. The van der Waals surface area contributed by atoms with Crippen LogP contribution in [0.15, 0.2) is 46.3 Å². The Kier molecular flexibility index (Phi) is 5.65. The van der Waals surface area contributed by atoms with Gasteiger partial charge >= 0.3 is 0 Å². The number of hydrogen-bond donors (Lipinski definition) is 1. The van der Waals surface area contributed by atoms with Gasteiger partial charge in [0.25, 0.3) is 0 Å². The van der Waals surface area contributed by atoms with Crippen LogP contribution in [0, 0.1) is 0 Å². The summed E-state index contributed by atoms with van der Waals surface area (Å²) < 4.78 is 15.6. The van der Waals surface area contributed by atoms with E-state index in [0.717, 1.165) is 10.4 Å². The number of methoxy groups -OCH3 is 2. The molecule has 0 atom stereocenters. The van der Waals surface area contributed by atoms with Gasteiger partial charge in [0.05, 0.1) is 25.6 Å². The minimum atomic E-state index is -0.268. The van der Waals surface area contributed by atoms with Crippen molar-refractivity contribution in [2.45, 2.75) is 6.54 Å². The molecule has 8 heteroatoms. The first-order valence-corrected chi connectivity index (χ1v) is 8.62. The second kappa shape index (κ2) is 8.30. The zero-order valence-electron chi connectivity index (χ0n) is 14.3. The van der Waals surface area contributed by atoms with E-state index < -0.39 is 0 Å². The standard InChI is InChI=1S/C18H17N3O4S/c1-23-13-7-5-12(10-14(13)24-2)6-8-16(22)19-11-17-20-18(21-25-17)15-4-3-9-26-15/h3-10H,11H2,1-2H3,(H,19,22). The van der Waals surface area contributed by atoms with Crippen molar-refractivity contribution in [1.29, 1.82) is 0 Å². The minimum absolute atomic E-state index is 0.160. The van der Waals surface area contributed by atoms with Gasteiger partial charge in [0, 0.05) is 6.08 Å². The molecule has 1 aromatic carbocycles. The van der Waals surface area contributed by atoms with Gasteiger partial charge in [-0.1, -0.05) is 17.3 Å². The third kappa shape index (κ3) is 4.28. The molecule has 2 heterocycles. The number of nitrogens with zero attached hydrogens (tertiary/aromatic N) is 2. The second-order valence-corrected chi connectivity index (χ2v) is 6.10. The molecular formula is C18H17N3O4S. The fourth-order valence-corrected chi connectivity index (χ4v) is 2.83. The van der Waals surface area contributed by atoms with Crippen molar-refractivity contribution in [1.82, 2.24) is 15.5 Å². The van der Waals surface area contributed by atoms with Crippen LogP contribution in [0.4, 0.5) is 0 Å². The number of nitrogens with one attached hydrogen (secondary N) is 1. The number of carbonyl (C=O) groups excluding carboxylic acids is 1. The highest BCUT2D eigenvalue weighted by Crippen LogP contribution is 2.28. The molecule has 0 spiro atoms. The lowest BCUT2D eigenvalue weighted by atomic mass is 10.2. The van der Waals surface area contributed by atoms with Crippen molar-refractivity contribution in [2.24, 2.45) is 0 Å². The van der Waals surface area contributed by atoms with E-state index in [1.165, 1.54) is 17.4 Å². The van der Waals surface area contributed by atoms with Gasteiger partial charge in [-0.2, -0.15) is 4.98 Å². The fourth-order valence-electron chi connectivity index (χ4n) is 2.18. The van der Waals surface area contributed by atoms with Gasteiger partial charge in [-0.3, -0.25) is 4.79 Å². The lowest BCUT2D eigenvalue weighted by Gasteiger charge is -2.07. The SMILES string of the molecule is COc1ccc(C=CC(=O)NCc2nc(-c3cccs3)no2)cc1OC. The summed E-state index contributed by atoms with van der Waals surface area (Å²) >= 11 is 1.52. The maximum Gasteiger partial charge on any atom is 0.246 e. The van der Waals surface area contributed by atoms with Crippen LogP contribution in [-0.2, 0) is 11.3 Å². The summed E-state index contributed by atoms with van der Waals surface area (Å²) in [7, 11) is 3.13. The molecule has 26 heavy (non-hydrogen) atoms. The van der Waals surface area contributed by atoms with Crippen molar-refractivity contribution in [3.63, 3.8) is 0 Å². The highest BCUT2D eigenvalue weighted by molar-refractivity contribution is 7.13. The highest BCUT2D eigenvalue weighted by Gasteiger charge is 2.09. The quantitative estimate of drug-likeness (QED) is 0.642. The van der Waals surface area contributed by atoms with Crippen molar-refractivity contribution in [3.8, 4) is 22.2 Å². The average Bonchev–Trinajstić information content (AvgIpc) is 3.35. The Morgan fingerprint density at radius 2 is 2.12 bits per heavy atom. The maximum absolute atomic E-state index is 12.0. The van der Waals surface area contributed by atoms with Crippen LogP contribution < -0.4 is 14.8 Å². The Morgan fingerprint density at radius 3 is 2.85 bits per heavy atom. The third-order valence-corrected chi connectivity index (χ3v) is 4.32. The lowest BCUT2D eigenvalue weighted by molar-refractivity contribution is -0.116. The monoisotopic (exact) mass is 371 g/mol. The molecule has 1 amide bonds. The zero-order valence-corrected chi connectivity index (χ0v) is 15.1. The van der Waals surface area contributed by atoms with Crippen LogP contribution in [-0.4, -0.2) is 30.3 Å². The van der Waals surface area contributed by atoms with E-state index in [9.17, 15) is 4.79 Å². The summed E-state index contributed by atoms with van der Waals surface area (Å²) in [4.78, 5) is 17.1. The number of benzene rings is 1. The molecule has 3 rings (SSSR count). The second-order valence-electron chi connectivity index (χ2n) is 5.15. The van der Waals surface area contributed by atoms with Gasteiger partial charge < -0.3 is 19.3 Å². The molecule has 1 N–H and O–H groups in total. The molecule has 3 aromatic rings. The summed E-state index contributed by atoms with van der Waals surface area (Å²) in [6, 6.07) is 9.21. The van der Waals surface area contributed by atoms with Crippen molar-refractivity contribution in [3.05, 3.63) is 53.2 Å². The molecule has 0 aliphatic rings. The fraction of sp³-hybridized carbons (Fsp3) is 0.167. The van der Waals surface area contributed by atoms with Gasteiger partial charge in [-0.05, 0) is 35.2 Å². The van der Waals surface area contributed by atoms with Crippen LogP contribution in [0.5, 0.6) is 11.5 Å². The van der Waals surface area contributed by atoms with Crippen LogP contribution in [0.3, 0.4) is 0 Å². The normalized spacial score (nSPS) is 10.8. The number of amides is 1. The molecule has 0 aliphatic carbocycles. The Morgan fingerprint density at radius 1 is 1.27 bits per heavy atom. The van der Waals surface area contributed by atoms with Gasteiger partial charge in [0.15, 0.2) is 11.5 Å². The molecule has 0 saturated heterocycles. The van der Waals surface area contributed by atoms with E-state index in [4.69, 9.17) is 14.0 Å². The molecule has 0 bridgehead atoms. The maximum atomic E-state index is 12.0. The number of rotatable bonds is 7. The zero-order chi connectivity index (χ0) is 18.4. The van der Waals surface area contributed by atoms with Crippen molar-refractivity contribution >= 4 is 23.3 Å². The Labute approximate surface area is 154 Å². The Balaban J connectivity index is 1.56. The van der Waals surface area contributed by atoms with Gasteiger partial charge in [-0.25, -0.2) is 0 Å². The number of thiophene rings is 1. The summed E-state index contributed by atoms with van der Waals surface area (Å²) in [5.41, 5.74) is 0.815. The molecule has 0 unspecified atom stereocenters. The van der Waals surface area contributed by atoms with E-state index in [1.54, 1.807) is 32.4 Å². The molecule has 0 fully saturated rings. The van der Waals surface area contributed by atoms with Gasteiger partial charge in [0.1, 0.15) is 0 Å². The van der Waals surface area contributed by atoms with Gasteiger partial charge in [-0.15, -0.1) is 11.3 Å². The number of ether oxygens (including phenoxy) is 2. The summed E-state index contributed by atoms with van der Waals surface area (Å²) in [5.74, 6) is 1.83. The molecular weight excluding hydrogens is 354 g/mol. The molecule has 2 aromatic heterocycles. The predicted molar refractivity (Wildman–Crippen MR) is 98.0 cm³/mol. The van der Waals surface area contributed by atoms with Crippen LogP contribution in [0.2, 0.25) is 0 Å². The van der Waals surface area contributed by atoms with E-state index in [1.807, 2.05) is 23.6 Å². The van der Waals surface area contributed by atoms with E-state index in [2.05, 4.69) is 15.5 Å². The van der Waals surface area contributed by atoms with E-state index in [0.29, 0.717) is 23.2 Å². The van der Waals surface area contributed by atoms with E-state index >= 15 is 0 Å². The number of carbonyl (C=O) groups is 1. The van der Waals surface area contributed by atoms with E-state index in [-0.39, 0.29) is 12.5 Å². The molecule has 0 aliphatic heterocycles. The Bertz CT molecular complexity index is 903. The first-order valence-electron chi connectivity index (χ1n) is 7.74. The summed E-state index contributed by atoms with van der Waals surface area (Å²) in [6.07, 6.45) is 3.11. The Hall–Kier alpha value is -3.13. The minimum Gasteiger partial charge on any atom is -0.493 e. The third-order valence-electron chi connectivity index (χ3n) is 3.46.